The Morgan fingerprint density at radius 3 is 2.76 bits per heavy atom. The first-order valence-electron chi connectivity index (χ1n) is 15.9. The summed E-state index contributed by atoms with van der Waals surface area (Å²) in [5.74, 6) is 1.41. The van der Waals surface area contributed by atoms with Gasteiger partial charge in [-0.3, -0.25) is 0 Å². The van der Waals surface area contributed by atoms with Gasteiger partial charge in [0.1, 0.15) is 28.5 Å². The van der Waals surface area contributed by atoms with Crippen LogP contribution in [-0.2, 0) is 4.74 Å². The highest BCUT2D eigenvalue weighted by Gasteiger charge is 2.47. The number of piperidine rings is 1. The van der Waals surface area contributed by atoms with Crippen molar-refractivity contribution in [3.63, 3.8) is 0 Å². The summed E-state index contributed by atoms with van der Waals surface area (Å²) in [5.41, 5.74) is -0.851. The lowest BCUT2D eigenvalue weighted by Crippen LogP contribution is -2.50. The maximum Gasteiger partial charge on any atom is 0.319 e. The van der Waals surface area contributed by atoms with E-state index < -0.39 is 17.2 Å². The molecule has 7 rings (SSSR count). The van der Waals surface area contributed by atoms with Crippen molar-refractivity contribution in [2.45, 2.75) is 50.7 Å². The predicted octanol–water partition coefficient (Wildman–Crippen LogP) is 5.65. The second-order valence-electron chi connectivity index (χ2n) is 13.4. The number of aliphatic hydroxyl groups is 1. The number of halogens is 2. The zero-order valence-electron chi connectivity index (χ0n) is 26.2. The molecule has 0 amide bonds. The fourth-order valence-electron chi connectivity index (χ4n) is 7.99. The van der Waals surface area contributed by atoms with Crippen molar-refractivity contribution in [2.24, 2.45) is 5.41 Å². The van der Waals surface area contributed by atoms with Gasteiger partial charge in [-0.15, -0.1) is 6.42 Å². The van der Waals surface area contributed by atoms with Crippen LogP contribution in [0.15, 0.2) is 36.4 Å². The highest BCUT2D eigenvalue weighted by molar-refractivity contribution is 6.04. The number of benzene rings is 3. The number of ether oxygens (including phenoxy) is 2. The predicted molar refractivity (Wildman–Crippen MR) is 173 cm³/mol. The van der Waals surface area contributed by atoms with Gasteiger partial charge < -0.3 is 29.5 Å². The second-order valence-corrected chi connectivity index (χ2v) is 13.4. The normalized spacial score (nSPS) is 25.4. The molecule has 10 heteroatoms. The molecular formula is C36H38F2N4O4. The minimum atomic E-state index is -1.16. The SMILES string of the molecule is C#Cc1c(F)ccc2cc(O)cc(-c3ccc4c(N5CCOCC(C)(O)C5)nc(OCC56CCC[C@H]5N(C)CCC6)nc4c3F)c12. The average molecular weight is 629 g/mol. The molecule has 1 aliphatic carbocycles. The summed E-state index contributed by atoms with van der Waals surface area (Å²) in [4.78, 5) is 13.8. The summed E-state index contributed by atoms with van der Waals surface area (Å²) in [5, 5.41) is 22.8. The maximum atomic E-state index is 16.9. The molecule has 3 aromatic carbocycles. The summed E-state index contributed by atoms with van der Waals surface area (Å²) in [7, 11) is 2.17. The topological polar surface area (TPSA) is 91.2 Å². The van der Waals surface area contributed by atoms with E-state index in [9.17, 15) is 14.6 Å². The molecule has 1 saturated carbocycles. The van der Waals surface area contributed by atoms with Gasteiger partial charge in [0.05, 0.1) is 31.9 Å². The molecule has 3 aliphatic rings. The Balaban J connectivity index is 1.39. The van der Waals surface area contributed by atoms with Crippen LogP contribution in [0.25, 0.3) is 32.8 Å². The Kier molecular flexibility index (Phi) is 7.74. The number of likely N-dealkylation sites (tertiary alicyclic amines) is 1. The van der Waals surface area contributed by atoms with Crippen molar-refractivity contribution in [1.82, 2.24) is 14.9 Å². The molecular weight excluding hydrogens is 590 g/mol. The van der Waals surface area contributed by atoms with Gasteiger partial charge in [-0.25, -0.2) is 8.78 Å². The van der Waals surface area contributed by atoms with E-state index in [0.717, 1.165) is 38.6 Å². The van der Waals surface area contributed by atoms with Gasteiger partial charge in [-0.05, 0) is 81.4 Å². The minimum Gasteiger partial charge on any atom is -0.508 e. The van der Waals surface area contributed by atoms with Gasteiger partial charge in [0, 0.05) is 34.3 Å². The first kappa shape index (κ1) is 30.6. The summed E-state index contributed by atoms with van der Waals surface area (Å²) >= 11 is 0. The molecule has 2 aliphatic heterocycles. The monoisotopic (exact) mass is 628 g/mol. The number of aromatic hydroxyl groups is 1. The Bertz CT molecular complexity index is 1880. The fourth-order valence-corrected chi connectivity index (χ4v) is 7.99. The first-order valence-corrected chi connectivity index (χ1v) is 15.9. The second kappa shape index (κ2) is 11.6. The third kappa shape index (κ3) is 5.30. The molecule has 2 N–H and O–H groups in total. The molecule has 240 valence electrons. The Morgan fingerprint density at radius 1 is 1.11 bits per heavy atom. The van der Waals surface area contributed by atoms with Crippen LogP contribution >= 0.6 is 0 Å². The first-order chi connectivity index (χ1) is 22.1. The number of nitrogens with zero attached hydrogens (tertiary/aromatic N) is 4. The third-order valence-electron chi connectivity index (χ3n) is 10.1. The van der Waals surface area contributed by atoms with E-state index in [1.165, 1.54) is 24.3 Å². The smallest absolute Gasteiger partial charge is 0.319 e. The molecule has 1 aromatic heterocycles. The summed E-state index contributed by atoms with van der Waals surface area (Å²) in [6.45, 7) is 4.30. The number of hydrogen-bond donors (Lipinski definition) is 2. The number of terminal acetylenes is 1. The largest absolute Gasteiger partial charge is 0.508 e. The van der Waals surface area contributed by atoms with Crippen molar-refractivity contribution >= 4 is 27.5 Å². The lowest BCUT2D eigenvalue weighted by molar-refractivity contribution is -0.0123. The van der Waals surface area contributed by atoms with E-state index in [-0.39, 0.29) is 52.5 Å². The number of β-amino-alcohol motifs (C(OH)–C–C–N with tert-alkyl or cyclic N) is 1. The number of phenols is 1. The van der Waals surface area contributed by atoms with Gasteiger partial charge in [0.25, 0.3) is 0 Å². The average Bonchev–Trinajstić information content (AvgIpc) is 3.38. The maximum absolute atomic E-state index is 16.9. The van der Waals surface area contributed by atoms with E-state index in [0.29, 0.717) is 47.8 Å². The van der Waals surface area contributed by atoms with Crippen LogP contribution in [-0.4, -0.2) is 83.2 Å². The molecule has 8 nitrogen and oxygen atoms in total. The third-order valence-corrected chi connectivity index (χ3v) is 10.1. The van der Waals surface area contributed by atoms with Crippen LogP contribution in [0.4, 0.5) is 14.6 Å². The van der Waals surface area contributed by atoms with Gasteiger partial charge in [-0.1, -0.05) is 24.5 Å². The van der Waals surface area contributed by atoms with E-state index in [2.05, 4.69) is 22.9 Å². The number of anilines is 1. The van der Waals surface area contributed by atoms with Crippen molar-refractivity contribution in [3.05, 3.63) is 53.6 Å². The molecule has 3 atom stereocenters. The summed E-state index contributed by atoms with van der Waals surface area (Å²) in [6.07, 6.45) is 11.1. The number of aromatic nitrogens is 2. The van der Waals surface area contributed by atoms with Crippen molar-refractivity contribution in [2.75, 3.05) is 51.4 Å². The van der Waals surface area contributed by atoms with Crippen LogP contribution in [0.1, 0.15) is 44.6 Å². The quantitative estimate of drug-likeness (QED) is 0.275. The van der Waals surface area contributed by atoms with Crippen LogP contribution in [0, 0.1) is 29.4 Å². The lowest BCUT2D eigenvalue weighted by atomic mass is 9.76. The number of hydrogen-bond acceptors (Lipinski definition) is 8. The molecule has 3 heterocycles. The molecule has 46 heavy (non-hydrogen) atoms. The van der Waals surface area contributed by atoms with Crippen molar-refractivity contribution in [1.29, 1.82) is 0 Å². The highest BCUT2D eigenvalue weighted by Crippen LogP contribution is 2.48. The molecule has 0 bridgehead atoms. The van der Waals surface area contributed by atoms with Crippen molar-refractivity contribution in [3.8, 4) is 35.2 Å². The van der Waals surface area contributed by atoms with Crippen LogP contribution in [0.2, 0.25) is 0 Å². The number of fused-ring (bicyclic) bond motifs is 3. The van der Waals surface area contributed by atoms with E-state index in [4.69, 9.17) is 20.9 Å². The van der Waals surface area contributed by atoms with Crippen LogP contribution in [0.5, 0.6) is 11.8 Å². The highest BCUT2D eigenvalue weighted by atomic mass is 19.1. The van der Waals surface area contributed by atoms with E-state index in [1.807, 2.05) is 4.90 Å². The fraction of sp³-hybridized carbons (Fsp3) is 0.444. The van der Waals surface area contributed by atoms with Crippen LogP contribution in [0.3, 0.4) is 0 Å². The minimum absolute atomic E-state index is 0.0127. The van der Waals surface area contributed by atoms with E-state index in [1.54, 1.807) is 19.1 Å². The van der Waals surface area contributed by atoms with Gasteiger partial charge in [0.2, 0.25) is 0 Å². The number of rotatable bonds is 5. The van der Waals surface area contributed by atoms with Crippen LogP contribution < -0.4 is 9.64 Å². The Hall–Kier alpha value is -4.04. The zero-order valence-corrected chi connectivity index (χ0v) is 26.2. The van der Waals surface area contributed by atoms with Gasteiger partial charge >= 0.3 is 6.01 Å². The van der Waals surface area contributed by atoms with Crippen molar-refractivity contribution < 1.29 is 28.5 Å². The molecule has 4 aromatic rings. The molecule has 2 unspecified atom stereocenters. The zero-order chi connectivity index (χ0) is 32.2. The lowest BCUT2D eigenvalue weighted by Gasteiger charge is -2.44. The van der Waals surface area contributed by atoms with Gasteiger partial charge in [-0.2, -0.15) is 9.97 Å². The molecule has 0 radical (unpaired) electrons. The molecule has 2 saturated heterocycles. The van der Waals surface area contributed by atoms with Gasteiger partial charge in [0.15, 0.2) is 5.82 Å². The Labute approximate surface area is 267 Å². The summed E-state index contributed by atoms with van der Waals surface area (Å²) < 4.78 is 43.8. The standard InChI is InChI=1S/C36H38F2N4O4/c1-4-24-28(37)11-8-22-17-23(43)18-27(30(22)24)25-9-10-26-32(31(25)38)39-34(40-33(26)42-15-16-45-20-35(2,44)19-42)46-21-36-12-5-7-29(36)41(3)14-6-13-36/h1,8-11,17-18,29,43-44H,5-7,12-16,19-21H2,2-3H3/t29-,35?,36?/m1/s1. The Morgan fingerprint density at radius 2 is 1.93 bits per heavy atom. The molecule has 0 spiro atoms. The van der Waals surface area contributed by atoms with E-state index >= 15 is 4.39 Å². The number of phenolic OH excluding ortho intramolecular Hbond substituents is 1. The molecule has 3 fully saturated rings. The summed E-state index contributed by atoms with van der Waals surface area (Å²) in [6, 6.07) is 9.33.